The number of carbonyl (C=O) groups excluding carboxylic acids is 1. The van der Waals surface area contributed by atoms with Gasteiger partial charge in [0, 0.05) is 18.0 Å². The van der Waals surface area contributed by atoms with Crippen LogP contribution in [0.2, 0.25) is 0 Å². The summed E-state index contributed by atoms with van der Waals surface area (Å²) in [7, 11) is 0. The van der Waals surface area contributed by atoms with Gasteiger partial charge in [-0.3, -0.25) is 9.59 Å². The van der Waals surface area contributed by atoms with Crippen LogP contribution in [0.5, 0.6) is 0 Å². The number of ether oxygens (including phenoxy) is 2. The molecule has 1 rings (SSSR count). The molecule has 0 spiro atoms. The molecule has 9 heteroatoms. The predicted octanol–water partition coefficient (Wildman–Crippen LogP) is 0.553. The minimum Gasteiger partial charge on any atom is -0.462 e. The number of hydrogen-bond donors (Lipinski definition) is 1. The van der Waals surface area contributed by atoms with E-state index in [9.17, 15) is 22.8 Å². The van der Waals surface area contributed by atoms with Crippen LogP contribution in [0.1, 0.15) is 0 Å². The number of alkyl halides is 3. The Hall–Kier alpha value is -2.03. The lowest BCUT2D eigenvalue weighted by atomic mass is 10.4. The molecule has 0 aromatic carbocycles. The fourth-order valence-electron chi connectivity index (χ4n) is 1.26. The third-order valence-corrected chi connectivity index (χ3v) is 2.06. The SMILES string of the molecule is Nc1ccc(=O)n(CC(=O)OCCOCC(F)(F)F)c1. The lowest BCUT2D eigenvalue weighted by Crippen LogP contribution is -2.25. The monoisotopic (exact) mass is 294 g/mol. The Morgan fingerprint density at radius 3 is 2.65 bits per heavy atom. The Labute approximate surface area is 111 Å². The van der Waals surface area contributed by atoms with Crippen molar-refractivity contribution >= 4 is 11.7 Å². The van der Waals surface area contributed by atoms with Crippen molar-refractivity contribution in [1.29, 1.82) is 0 Å². The molecule has 0 aliphatic rings. The first-order valence-electron chi connectivity index (χ1n) is 5.54. The van der Waals surface area contributed by atoms with Gasteiger partial charge in [-0.25, -0.2) is 0 Å². The van der Waals surface area contributed by atoms with Gasteiger partial charge >= 0.3 is 12.1 Å². The van der Waals surface area contributed by atoms with Gasteiger partial charge in [-0.15, -0.1) is 0 Å². The van der Waals surface area contributed by atoms with E-state index >= 15 is 0 Å². The van der Waals surface area contributed by atoms with Crippen LogP contribution in [-0.4, -0.2) is 36.5 Å². The van der Waals surface area contributed by atoms with E-state index < -0.39 is 24.3 Å². The number of nitrogens with zero attached hydrogens (tertiary/aromatic N) is 1. The molecular weight excluding hydrogens is 281 g/mol. The number of hydrogen-bond acceptors (Lipinski definition) is 5. The van der Waals surface area contributed by atoms with Crippen molar-refractivity contribution in [3.63, 3.8) is 0 Å². The number of rotatable bonds is 6. The van der Waals surface area contributed by atoms with Crippen LogP contribution >= 0.6 is 0 Å². The van der Waals surface area contributed by atoms with E-state index in [2.05, 4.69) is 9.47 Å². The highest BCUT2D eigenvalue weighted by Gasteiger charge is 2.27. The van der Waals surface area contributed by atoms with Crippen molar-refractivity contribution < 1.29 is 27.4 Å². The van der Waals surface area contributed by atoms with E-state index in [0.29, 0.717) is 5.69 Å². The zero-order chi connectivity index (χ0) is 15.2. The molecule has 0 fully saturated rings. The van der Waals surface area contributed by atoms with Crippen molar-refractivity contribution in [2.75, 3.05) is 25.6 Å². The molecule has 0 saturated carbocycles. The molecular formula is C11H13F3N2O4. The van der Waals surface area contributed by atoms with E-state index in [0.717, 1.165) is 4.57 Å². The summed E-state index contributed by atoms with van der Waals surface area (Å²) in [5, 5.41) is 0. The number of aromatic nitrogens is 1. The fourth-order valence-corrected chi connectivity index (χ4v) is 1.26. The van der Waals surface area contributed by atoms with Crippen molar-refractivity contribution in [3.05, 3.63) is 28.7 Å². The number of carbonyl (C=O) groups is 1. The Bertz CT molecular complexity index is 513. The van der Waals surface area contributed by atoms with Gasteiger partial charge in [-0.05, 0) is 6.07 Å². The normalized spacial score (nSPS) is 11.3. The average molecular weight is 294 g/mol. The van der Waals surface area contributed by atoms with Crippen LogP contribution < -0.4 is 11.3 Å². The second kappa shape index (κ2) is 6.94. The average Bonchev–Trinajstić information content (AvgIpc) is 2.32. The number of anilines is 1. The quantitative estimate of drug-likeness (QED) is 0.612. The molecule has 0 atom stereocenters. The third-order valence-electron chi connectivity index (χ3n) is 2.06. The summed E-state index contributed by atoms with van der Waals surface area (Å²) < 4.78 is 45.1. The molecule has 0 aliphatic carbocycles. The van der Waals surface area contributed by atoms with E-state index in [1.54, 1.807) is 0 Å². The highest BCUT2D eigenvalue weighted by atomic mass is 19.4. The molecule has 0 bridgehead atoms. The summed E-state index contributed by atoms with van der Waals surface area (Å²) in [6.07, 6.45) is -3.15. The first-order chi connectivity index (χ1) is 9.28. The third kappa shape index (κ3) is 6.23. The molecule has 0 saturated heterocycles. The number of halogens is 3. The Kier molecular flexibility index (Phi) is 5.56. The standard InChI is InChI=1S/C11H13F3N2O4/c12-11(13,14)7-19-3-4-20-10(18)6-16-5-8(15)1-2-9(16)17/h1-2,5H,3-4,6-7,15H2. The van der Waals surface area contributed by atoms with Crippen LogP contribution in [0.4, 0.5) is 18.9 Å². The second-order valence-corrected chi connectivity index (χ2v) is 3.82. The van der Waals surface area contributed by atoms with E-state index in [1.807, 2.05) is 0 Å². The number of pyridine rings is 1. The minimum atomic E-state index is -4.42. The largest absolute Gasteiger partial charge is 0.462 e. The molecule has 0 aliphatic heterocycles. The van der Waals surface area contributed by atoms with Crippen LogP contribution in [0.15, 0.2) is 23.1 Å². The molecule has 1 aromatic rings. The molecule has 0 amide bonds. The first kappa shape index (κ1) is 16.0. The van der Waals surface area contributed by atoms with Gasteiger partial charge in [0.2, 0.25) is 0 Å². The lowest BCUT2D eigenvalue weighted by molar-refractivity contribution is -0.177. The van der Waals surface area contributed by atoms with E-state index in [1.165, 1.54) is 18.3 Å². The number of nitrogens with two attached hydrogens (primary N) is 1. The highest BCUT2D eigenvalue weighted by molar-refractivity contribution is 5.69. The predicted molar refractivity (Wildman–Crippen MR) is 62.9 cm³/mol. The number of esters is 1. The zero-order valence-electron chi connectivity index (χ0n) is 10.4. The van der Waals surface area contributed by atoms with Crippen molar-refractivity contribution in [2.45, 2.75) is 12.7 Å². The van der Waals surface area contributed by atoms with Gasteiger partial charge in [0.15, 0.2) is 0 Å². The maximum atomic E-state index is 11.7. The molecule has 0 unspecified atom stereocenters. The summed E-state index contributed by atoms with van der Waals surface area (Å²) in [5.41, 5.74) is 5.30. The Balaban J connectivity index is 2.30. The Morgan fingerprint density at radius 2 is 2.00 bits per heavy atom. The first-order valence-corrected chi connectivity index (χ1v) is 5.54. The molecule has 6 nitrogen and oxygen atoms in total. The smallest absolute Gasteiger partial charge is 0.411 e. The lowest BCUT2D eigenvalue weighted by Gasteiger charge is -2.09. The van der Waals surface area contributed by atoms with Crippen LogP contribution in [-0.2, 0) is 20.8 Å². The highest BCUT2D eigenvalue weighted by Crippen LogP contribution is 2.14. The maximum absolute atomic E-state index is 11.7. The van der Waals surface area contributed by atoms with Gasteiger partial charge in [0.25, 0.3) is 5.56 Å². The second-order valence-electron chi connectivity index (χ2n) is 3.82. The molecule has 0 radical (unpaired) electrons. The van der Waals surface area contributed by atoms with Crippen LogP contribution in [0.3, 0.4) is 0 Å². The van der Waals surface area contributed by atoms with Gasteiger partial charge in [-0.2, -0.15) is 13.2 Å². The van der Waals surface area contributed by atoms with E-state index in [-0.39, 0.29) is 19.8 Å². The molecule has 20 heavy (non-hydrogen) atoms. The molecule has 112 valence electrons. The van der Waals surface area contributed by atoms with Gasteiger partial charge < -0.3 is 19.8 Å². The van der Waals surface area contributed by atoms with Crippen molar-refractivity contribution in [2.24, 2.45) is 0 Å². The van der Waals surface area contributed by atoms with Gasteiger partial charge in [0.05, 0.1) is 6.61 Å². The topological polar surface area (TPSA) is 83.6 Å². The summed E-state index contributed by atoms with van der Waals surface area (Å²) in [5.74, 6) is -0.770. The maximum Gasteiger partial charge on any atom is 0.411 e. The summed E-state index contributed by atoms with van der Waals surface area (Å²) >= 11 is 0. The fraction of sp³-hybridized carbons (Fsp3) is 0.455. The summed E-state index contributed by atoms with van der Waals surface area (Å²) in [6, 6.07) is 2.57. The molecule has 1 heterocycles. The minimum absolute atomic E-state index is 0.297. The Morgan fingerprint density at radius 1 is 1.30 bits per heavy atom. The van der Waals surface area contributed by atoms with E-state index in [4.69, 9.17) is 5.73 Å². The van der Waals surface area contributed by atoms with Gasteiger partial charge in [0.1, 0.15) is 19.8 Å². The zero-order valence-corrected chi connectivity index (χ0v) is 10.4. The van der Waals surface area contributed by atoms with Crippen LogP contribution in [0, 0.1) is 0 Å². The molecule has 2 N–H and O–H groups in total. The van der Waals surface area contributed by atoms with Gasteiger partial charge in [-0.1, -0.05) is 0 Å². The van der Waals surface area contributed by atoms with Crippen LogP contribution in [0.25, 0.3) is 0 Å². The molecule has 1 aromatic heterocycles. The summed E-state index contributed by atoms with van der Waals surface area (Å²) in [6.45, 7) is -2.48. The van der Waals surface area contributed by atoms with Crippen molar-refractivity contribution in [3.8, 4) is 0 Å². The number of nitrogen functional groups attached to an aromatic ring is 1. The summed E-state index contributed by atoms with van der Waals surface area (Å²) in [4.78, 5) is 22.7. The van der Waals surface area contributed by atoms with Crippen molar-refractivity contribution in [1.82, 2.24) is 4.57 Å².